The Labute approximate surface area is 94.0 Å². The smallest absolute Gasteiger partial charge is 0.292 e. The van der Waals surface area contributed by atoms with Gasteiger partial charge < -0.3 is 9.73 Å². The first-order valence-electron chi connectivity index (χ1n) is 4.23. The van der Waals surface area contributed by atoms with Gasteiger partial charge >= 0.3 is 0 Å². The maximum absolute atomic E-state index is 11.6. The van der Waals surface area contributed by atoms with Crippen molar-refractivity contribution in [3.05, 3.63) is 34.3 Å². The molecule has 0 atom stereocenters. The molecular formula is C9H8BrN3O2. The zero-order chi connectivity index (χ0) is 10.8. The van der Waals surface area contributed by atoms with Crippen LogP contribution in [0.15, 0.2) is 27.4 Å². The molecule has 2 N–H and O–H groups in total. The Kier molecular flexibility index (Phi) is 2.59. The molecule has 0 fully saturated rings. The van der Waals surface area contributed by atoms with Crippen molar-refractivity contribution in [2.75, 3.05) is 5.32 Å². The molecule has 0 bridgehead atoms. The average Bonchev–Trinajstić information content (AvgIpc) is 2.77. The number of nitrogens with zero attached hydrogens (tertiary/aromatic N) is 1. The molecule has 2 aromatic rings. The van der Waals surface area contributed by atoms with Gasteiger partial charge in [-0.1, -0.05) is 0 Å². The molecule has 0 radical (unpaired) electrons. The van der Waals surface area contributed by atoms with E-state index in [1.807, 2.05) is 6.92 Å². The first kappa shape index (κ1) is 9.97. The second kappa shape index (κ2) is 3.90. The summed E-state index contributed by atoms with van der Waals surface area (Å²) in [5, 5.41) is 9.12. The number of furan rings is 1. The molecule has 5 nitrogen and oxygen atoms in total. The zero-order valence-electron chi connectivity index (χ0n) is 7.87. The van der Waals surface area contributed by atoms with Gasteiger partial charge in [-0.15, -0.1) is 0 Å². The molecule has 0 unspecified atom stereocenters. The predicted molar refractivity (Wildman–Crippen MR) is 57.7 cm³/mol. The largest absolute Gasteiger partial charge is 0.444 e. The van der Waals surface area contributed by atoms with Crippen LogP contribution in [0.25, 0.3) is 0 Å². The molecule has 0 aliphatic heterocycles. The van der Waals surface area contributed by atoms with Crippen LogP contribution in [0.2, 0.25) is 0 Å². The Morgan fingerprint density at radius 2 is 2.40 bits per heavy atom. The molecule has 78 valence electrons. The highest BCUT2D eigenvalue weighted by molar-refractivity contribution is 9.10. The summed E-state index contributed by atoms with van der Waals surface area (Å²) < 4.78 is 5.63. The van der Waals surface area contributed by atoms with Gasteiger partial charge in [0.2, 0.25) is 0 Å². The lowest BCUT2D eigenvalue weighted by molar-refractivity contribution is 0.0995. The van der Waals surface area contributed by atoms with Crippen molar-refractivity contribution >= 4 is 27.7 Å². The Morgan fingerprint density at radius 1 is 1.60 bits per heavy atom. The van der Waals surface area contributed by atoms with E-state index in [0.717, 1.165) is 5.56 Å². The van der Waals surface area contributed by atoms with Crippen molar-refractivity contribution < 1.29 is 9.21 Å². The Morgan fingerprint density at radius 3 is 2.93 bits per heavy atom. The van der Waals surface area contributed by atoms with Crippen LogP contribution in [0.4, 0.5) is 5.82 Å². The molecule has 0 aliphatic carbocycles. The molecule has 0 aliphatic rings. The van der Waals surface area contributed by atoms with Gasteiger partial charge in [0.05, 0.1) is 6.20 Å². The molecule has 0 saturated heterocycles. The topological polar surface area (TPSA) is 70.9 Å². The lowest BCUT2D eigenvalue weighted by Gasteiger charge is -2.00. The van der Waals surface area contributed by atoms with Crippen molar-refractivity contribution in [2.24, 2.45) is 0 Å². The summed E-state index contributed by atoms with van der Waals surface area (Å²) in [5.41, 5.74) is 0.869. The number of anilines is 1. The van der Waals surface area contributed by atoms with E-state index in [2.05, 4.69) is 31.4 Å². The van der Waals surface area contributed by atoms with E-state index in [4.69, 9.17) is 4.42 Å². The Bertz CT molecular complexity index is 489. The summed E-state index contributed by atoms with van der Waals surface area (Å²) in [7, 11) is 0. The van der Waals surface area contributed by atoms with Gasteiger partial charge in [0.25, 0.3) is 5.91 Å². The third-order valence-corrected chi connectivity index (χ3v) is 2.29. The van der Waals surface area contributed by atoms with Crippen molar-refractivity contribution in [3.8, 4) is 0 Å². The molecule has 0 saturated carbocycles. The fourth-order valence-electron chi connectivity index (χ4n) is 1.08. The van der Waals surface area contributed by atoms with E-state index in [0.29, 0.717) is 10.5 Å². The molecule has 0 spiro atoms. The van der Waals surface area contributed by atoms with Gasteiger partial charge in [0.15, 0.2) is 10.4 Å². The highest BCUT2D eigenvalue weighted by Gasteiger charge is 2.12. The van der Waals surface area contributed by atoms with Crippen LogP contribution in [0, 0.1) is 6.92 Å². The van der Waals surface area contributed by atoms with E-state index in [-0.39, 0.29) is 11.7 Å². The van der Waals surface area contributed by atoms with Crippen LogP contribution < -0.4 is 5.32 Å². The van der Waals surface area contributed by atoms with Crippen molar-refractivity contribution in [2.45, 2.75) is 6.92 Å². The summed E-state index contributed by atoms with van der Waals surface area (Å²) >= 11 is 3.13. The van der Waals surface area contributed by atoms with Gasteiger partial charge in [-0.25, -0.2) is 0 Å². The highest BCUT2D eigenvalue weighted by atomic mass is 79.9. The van der Waals surface area contributed by atoms with Gasteiger partial charge in [0, 0.05) is 5.56 Å². The summed E-state index contributed by atoms with van der Waals surface area (Å²) in [6.07, 6.45) is 1.63. The molecule has 2 heterocycles. The molecular weight excluding hydrogens is 262 g/mol. The predicted octanol–water partition coefficient (Wildman–Crippen LogP) is 2.33. The quantitative estimate of drug-likeness (QED) is 0.879. The van der Waals surface area contributed by atoms with Gasteiger partial charge in [0.1, 0.15) is 5.82 Å². The number of carbonyl (C=O) groups is 1. The molecule has 1 amide bonds. The molecule has 0 aromatic carbocycles. The minimum atomic E-state index is -0.312. The standard InChI is InChI=1S/C9H8BrN3O2/c1-5-4-11-13-8(5)12-9(14)6-2-3-7(10)15-6/h2-4H,1H3,(H2,11,12,13,14). The molecule has 15 heavy (non-hydrogen) atoms. The second-order valence-electron chi connectivity index (χ2n) is 2.99. The van der Waals surface area contributed by atoms with Crippen LogP contribution in [0.3, 0.4) is 0 Å². The van der Waals surface area contributed by atoms with E-state index >= 15 is 0 Å². The summed E-state index contributed by atoms with van der Waals surface area (Å²) in [6, 6.07) is 3.25. The number of amides is 1. The van der Waals surface area contributed by atoms with Crippen LogP contribution in [0.5, 0.6) is 0 Å². The maximum Gasteiger partial charge on any atom is 0.292 e. The third kappa shape index (κ3) is 2.10. The van der Waals surface area contributed by atoms with E-state index < -0.39 is 0 Å². The number of aromatic amines is 1. The normalized spacial score (nSPS) is 10.3. The van der Waals surface area contributed by atoms with Crippen molar-refractivity contribution in [3.63, 3.8) is 0 Å². The van der Waals surface area contributed by atoms with Gasteiger partial charge in [-0.3, -0.25) is 9.89 Å². The minimum Gasteiger partial charge on any atom is -0.444 e. The van der Waals surface area contributed by atoms with Crippen LogP contribution in [-0.4, -0.2) is 16.1 Å². The van der Waals surface area contributed by atoms with Crippen molar-refractivity contribution in [1.29, 1.82) is 0 Å². The lowest BCUT2D eigenvalue weighted by Crippen LogP contribution is -2.11. The fraction of sp³-hybridized carbons (Fsp3) is 0.111. The number of rotatable bonds is 2. The number of aryl methyl sites for hydroxylation is 1. The molecule has 6 heteroatoms. The van der Waals surface area contributed by atoms with E-state index in [9.17, 15) is 4.79 Å². The first-order valence-corrected chi connectivity index (χ1v) is 5.03. The average molecular weight is 270 g/mol. The summed E-state index contributed by atoms with van der Waals surface area (Å²) in [4.78, 5) is 11.6. The van der Waals surface area contributed by atoms with Crippen LogP contribution in [0.1, 0.15) is 16.1 Å². The number of halogens is 1. The third-order valence-electron chi connectivity index (χ3n) is 1.86. The van der Waals surface area contributed by atoms with Gasteiger partial charge in [-0.05, 0) is 35.0 Å². The lowest BCUT2D eigenvalue weighted by atomic mass is 10.3. The monoisotopic (exact) mass is 269 g/mol. The number of aromatic nitrogens is 2. The fourth-order valence-corrected chi connectivity index (χ4v) is 1.39. The van der Waals surface area contributed by atoms with E-state index in [1.54, 1.807) is 18.3 Å². The SMILES string of the molecule is Cc1cn[nH]c1NC(=O)c1ccc(Br)o1. The van der Waals surface area contributed by atoms with Crippen molar-refractivity contribution in [1.82, 2.24) is 10.2 Å². The van der Waals surface area contributed by atoms with Gasteiger partial charge in [-0.2, -0.15) is 5.10 Å². The Balaban J connectivity index is 2.14. The summed E-state index contributed by atoms with van der Waals surface area (Å²) in [5.74, 6) is 0.511. The number of hydrogen-bond donors (Lipinski definition) is 2. The maximum atomic E-state index is 11.6. The summed E-state index contributed by atoms with van der Waals surface area (Å²) in [6.45, 7) is 1.84. The zero-order valence-corrected chi connectivity index (χ0v) is 9.46. The minimum absolute atomic E-state index is 0.246. The number of H-pyrrole nitrogens is 1. The number of nitrogens with one attached hydrogen (secondary N) is 2. The van der Waals surface area contributed by atoms with E-state index in [1.165, 1.54) is 0 Å². The molecule has 2 aromatic heterocycles. The first-order chi connectivity index (χ1) is 7.16. The number of hydrogen-bond acceptors (Lipinski definition) is 3. The Hall–Kier alpha value is -1.56. The second-order valence-corrected chi connectivity index (χ2v) is 3.77. The van der Waals surface area contributed by atoms with Crippen LogP contribution >= 0.6 is 15.9 Å². The number of carbonyl (C=O) groups excluding carboxylic acids is 1. The highest BCUT2D eigenvalue weighted by Crippen LogP contribution is 2.16. The molecule has 2 rings (SSSR count). The van der Waals surface area contributed by atoms with Crippen LogP contribution in [-0.2, 0) is 0 Å².